The van der Waals surface area contributed by atoms with Crippen LogP contribution in [0.3, 0.4) is 0 Å². The maximum Gasteiger partial charge on any atom is 0.272 e. The monoisotopic (exact) mass is 269 g/mol. The second-order valence-corrected chi connectivity index (χ2v) is 5.31. The summed E-state index contributed by atoms with van der Waals surface area (Å²) in [6, 6.07) is 10.0. The molecule has 1 aliphatic rings. The Labute approximate surface area is 118 Å². The second-order valence-electron chi connectivity index (χ2n) is 5.31. The average molecular weight is 269 g/mol. The molecule has 104 valence electrons. The van der Waals surface area contributed by atoms with Crippen molar-refractivity contribution in [1.29, 1.82) is 0 Å². The lowest BCUT2D eigenvalue weighted by Crippen LogP contribution is -2.23. The zero-order valence-corrected chi connectivity index (χ0v) is 11.7. The molecule has 0 spiro atoms. The van der Waals surface area contributed by atoms with Crippen molar-refractivity contribution in [3.05, 3.63) is 52.8 Å². The highest BCUT2D eigenvalue weighted by Gasteiger charge is 2.16. The Morgan fingerprint density at radius 1 is 1.35 bits per heavy atom. The minimum Gasteiger partial charge on any atom is -0.347 e. The number of hydrogen-bond acceptors (Lipinski definition) is 2. The normalized spacial score (nSPS) is 13.8. The first kappa shape index (κ1) is 12.9. The molecule has 0 aliphatic carbocycles. The number of carbonyl (C=O) groups excluding carboxylic acids is 1. The Morgan fingerprint density at radius 3 is 3.00 bits per heavy atom. The minimum atomic E-state index is -0.0878. The van der Waals surface area contributed by atoms with Crippen molar-refractivity contribution in [2.45, 2.75) is 39.3 Å². The maximum absolute atomic E-state index is 12.2. The van der Waals surface area contributed by atoms with Crippen molar-refractivity contribution in [3.8, 4) is 0 Å². The number of rotatable bonds is 3. The van der Waals surface area contributed by atoms with Crippen LogP contribution in [0.2, 0.25) is 0 Å². The third-order valence-electron chi connectivity index (χ3n) is 3.85. The molecule has 1 N–H and O–H groups in total. The van der Waals surface area contributed by atoms with Gasteiger partial charge in [-0.05, 0) is 43.4 Å². The average Bonchev–Trinajstić information content (AvgIpc) is 2.90. The summed E-state index contributed by atoms with van der Waals surface area (Å²) in [5.41, 5.74) is 4.05. The molecule has 3 rings (SSSR count). The number of carbonyl (C=O) groups is 1. The summed E-state index contributed by atoms with van der Waals surface area (Å²) in [6.07, 6.45) is 3.37. The molecule has 4 heteroatoms. The van der Waals surface area contributed by atoms with Crippen molar-refractivity contribution in [1.82, 2.24) is 15.1 Å². The molecule has 1 aliphatic heterocycles. The zero-order chi connectivity index (χ0) is 13.9. The lowest BCUT2D eigenvalue weighted by Gasteiger charge is -2.11. The molecule has 0 saturated heterocycles. The Bertz CT molecular complexity index is 607. The van der Waals surface area contributed by atoms with E-state index in [1.807, 2.05) is 28.9 Å². The smallest absolute Gasteiger partial charge is 0.272 e. The van der Waals surface area contributed by atoms with E-state index in [4.69, 9.17) is 0 Å². The van der Waals surface area contributed by atoms with E-state index < -0.39 is 0 Å². The van der Waals surface area contributed by atoms with Crippen LogP contribution < -0.4 is 5.32 Å². The predicted molar refractivity (Wildman–Crippen MR) is 77.5 cm³/mol. The van der Waals surface area contributed by atoms with Crippen molar-refractivity contribution in [2.24, 2.45) is 0 Å². The molecule has 2 heterocycles. The fourth-order valence-electron chi connectivity index (χ4n) is 2.60. The number of fused-ring (bicyclic) bond motifs is 1. The summed E-state index contributed by atoms with van der Waals surface area (Å²) in [5.74, 6) is -0.0878. The van der Waals surface area contributed by atoms with Crippen LogP contribution in [0.1, 0.15) is 40.2 Å². The number of nitrogens with zero attached hydrogens (tertiary/aromatic N) is 2. The summed E-state index contributed by atoms with van der Waals surface area (Å²) >= 11 is 0. The van der Waals surface area contributed by atoms with E-state index in [-0.39, 0.29) is 5.91 Å². The zero-order valence-electron chi connectivity index (χ0n) is 11.7. The molecule has 4 nitrogen and oxygen atoms in total. The van der Waals surface area contributed by atoms with Crippen LogP contribution in [0.15, 0.2) is 30.3 Å². The van der Waals surface area contributed by atoms with Crippen LogP contribution >= 0.6 is 0 Å². The number of benzene rings is 1. The first-order chi connectivity index (χ1) is 9.74. The quantitative estimate of drug-likeness (QED) is 0.930. The third-order valence-corrected chi connectivity index (χ3v) is 3.85. The first-order valence-corrected chi connectivity index (χ1v) is 7.13. The van der Waals surface area contributed by atoms with E-state index >= 15 is 0 Å². The molecule has 0 atom stereocenters. The molecule has 0 bridgehead atoms. The second kappa shape index (κ2) is 5.49. The fraction of sp³-hybridized carbons (Fsp3) is 0.375. The molecular formula is C16H19N3O. The van der Waals surface area contributed by atoms with Gasteiger partial charge in [-0.1, -0.05) is 24.3 Å². The highest BCUT2D eigenvalue weighted by molar-refractivity contribution is 5.92. The maximum atomic E-state index is 12.2. The van der Waals surface area contributed by atoms with Gasteiger partial charge in [-0.15, -0.1) is 0 Å². The summed E-state index contributed by atoms with van der Waals surface area (Å²) in [7, 11) is 0. The van der Waals surface area contributed by atoms with Crippen LogP contribution in [-0.2, 0) is 19.5 Å². The molecular weight excluding hydrogens is 250 g/mol. The Hall–Kier alpha value is -2.10. The molecule has 0 saturated carbocycles. The van der Waals surface area contributed by atoms with Crippen LogP contribution in [0.5, 0.6) is 0 Å². The Balaban J connectivity index is 1.67. The van der Waals surface area contributed by atoms with E-state index in [1.165, 1.54) is 17.7 Å². The molecule has 1 aromatic heterocycles. The van der Waals surface area contributed by atoms with Gasteiger partial charge in [0.15, 0.2) is 0 Å². The van der Waals surface area contributed by atoms with Gasteiger partial charge in [0.2, 0.25) is 0 Å². The van der Waals surface area contributed by atoms with Crippen LogP contribution in [-0.4, -0.2) is 15.7 Å². The number of nitrogens with one attached hydrogen (secondary N) is 1. The standard InChI is InChI=1S/C16H19N3O/c1-12-6-2-3-7-13(12)11-17-16(20)15-10-14-8-4-5-9-19(14)18-15/h2-3,6-7,10H,4-5,8-9,11H2,1H3,(H,17,20). The van der Waals surface area contributed by atoms with Gasteiger partial charge in [0, 0.05) is 18.8 Å². The summed E-state index contributed by atoms with van der Waals surface area (Å²) in [5, 5.41) is 7.34. The van der Waals surface area contributed by atoms with Gasteiger partial charge in [-0.25, -0.2) is 0 Å². The van der Waals surface area contributed by atoms with Gasteiger partial charge in [-0.2, -0.15) is 5.10 Å². The van der Waals surface area contributed by atoms with Crippen molar-refractivity contribution in [3.63, 3.8) is 0 Å². The molecule has 0 unspecified atom stereocenters. The number of aromatic nitrogens is 2. The number of hydrogen-bond donors (Lipinski definition) is 1. The first-order valence-electron chi connectivity index (χ1n) is 7.13. The Kier molecular flexibility index (Phi) is 3.54. The third kappa shape index (κ3) is 2.59. The van der Waals surface area contributed by atoms with Crippen LogP contribution in [0.4, 0.5) is 0 Å². The van der Waals surface area contributed by atoms with Crippen molar-refractivity contribution >= 4 is 5.91 Å². The van der Waals surface area contributed by atoms with E-state index in [0.29, 0.717) is 12.2 Å². The van der Waals surface area contributed by atoms with Crippen LogP contribution in [0, 0.1) is 6.92 Å². The topological polar surface area (TPSA) is 46.9 Å². The summed E-state index contributed by atoms with van der Waals surface area (Å²) in [4.78, 5) is 12.2. The van der Waals surface area contributed by atoms with Crippen molar-refractivity contribution in [2.75, 3.05) is 0 Å². The lowest BCUT2D eigenvalue weighted by atomic mass is 10.1. The van der Waals surface area contributed by atoms with E-state index in [9.17, 15) is 4.79 Å². The van der Waals surface area contributed by atoms with Gasteiger partial charge < -0.3 is 5.32 Å². The Morgan fingerprint density at radius 2 is 2.20 bits per heavy atom. The summed E-state index contributed by atoms with van der Waals surface area (Å²) in [6.45, 7) is 3.53. The van der Waals surface area contributed by atoms with Gasteiger partial charge in [0.1, 0.15) is 5.69 Å². The van der Waals surface area contributed by atoms with Gasteiger partial charge in [0.05, 0.1) is 0 Å². The minimum absolute atomic E-state index is 0.0878. The van der Waals surface area contributed by atoms with Gasteiger partial charge in [-0.3, -0.25) is 9.48 Å². The van der Waals surface area contributed by atoms with Gasteiger partial charge in [0.25, 0.3) is 5.91 Å². The van der Waals surface area contributed by atoms with E-state index in [0.717, 1.165) is 24.9 Å². The number of amides is 1. The molecule has 1 aromatic carbocycles. The van der Waals surface area contributed by atoms with E-state index in [2.05, 4.69) is 23.4 Å². The predicted octanol–water partition coefficient (Wildman–Crippen LogP) is 2.46. The summed E-state index contributed by atoms with van der Waals surface area (Å²) < 4.78 is 1.96. The SMILES string of the molecule is Cc1ccccc1CNC(=O)c1cc2n(n1)CCCC2. The molecule has 20 heavy (non-hydrogen) atoms. The number of aryl methyl sites for hydroxylation is 3. The van der Waals surface area contributed by atoms with Crippen LogP contribution in [0.25, 0.3) is 0 Å². The largest absolute Gasteiger partial charge is 0.347 e. The molecule has 0 radical (unpaired) electrons. The highest BCUT2D eigenvalue weighted by Crippen LogP contribution is 2.15. The van der Waals surface area contributed by atoms with E-state index in [1.54, 1.807) is 0 Å². The highest BCUT2D eigenvalue weighted by atomic mass is 16.1. The van der Waals surface area contributed by atoms with Crippen molar-refractivity contribution < 1.29 is 4.79 Å². The van der Waals surface area contributed by atoms with Gasteiger partial charge >= 0.3 is 0 Å². The lowest BCUT2D eigenvalue weighted by molar-refractivity contribution is 0.0945. The molecule has 0 fully saturated rings. The molecule has 2 aromatic rings. The fourth-order valence-corrected chi connectivity index (χ4v) is 2.60. The molecule has 1 amide bonds.